The Labute approximate surface area is 182 Å². The van der Waals surface area contributed by atoms with Gasteiger partial charge < -0.3 is 4.74 Å². The second kappa shape index (κ2) is 10.4. The molecule has 7 heteroatoms. The van der Waals surface area contributed by atoms with E-state index < -0.39 is 22.0 Å². The highest BCUT2D eigenvalue weighted by Crippen LogP contribution is 2.26. The number of rotatable bonds is 9. The molecule has 0 heterocycles. The standard InChI is InChI=1S/C22H28BrNO4S/c1-5-28-22(25)21(13-16(2)3)24(15-18-8-6-7-17(4)14-18)29(26,27)20-11-9-19(23)10-12-20/h6-12,14,16,21H,5,13,15H2,1-4H3/t21-/m1/s1. The molecule has 0 saturated carbocycles. The summed E-state index contributed by atoms with van der Waals surface area (Å²) < 4.78 is 34.4. The summed E-state index contributed by atoms with van der Waals surface area (Å²) in [4.78, 5) is 12.9. The topological polar surface area (TPSA) is 63.7 Å². The molecule has 0 aliphatic heterocycles. The molecule has 0 unspecified atom stereocenters. The van der Waals surface area contributed by atoms with Crippen molar-refractivity contribution in [1.82, 2.24) is 4.31 Å². The first-order valence-corrected chi connectivity index (χ1v) is 11.9. The Kier molecular flexibility index (Phi) is 8.43. The van der Waals surface area contributed by atoms with Crippen molar-refractivity contribution in [3.05, 3.63) is 64.1 Å². The lowest BCUT2D eigenvalue weighted by Crippen LogP contribution is -2.46. The molecule has 0 radical (unpaired) electrons. The van der Waals surface area contributed by atoms with Crippen molar-refractivity contribution in [1.29, 1.82) is 0 Å². The van der Waals surface area contributed by atoms with Crippen molar-refractivity contribution in [3.8, 4) is 0 Å². The fourth-order valence-corrected chi connectivity index (χ4v) is 4.95. The summed E-state index contributed by atoms with van der Waals surface area (Å²) in [6.45, 7) is 7.89. The minimum absolute atomic E-state index is 0.0935. The summed E-state index contributed by atoms with van der Waals surface area (Å²) in [5.41, 5.74) is 1.85. The van der Waals surface area contributed by atoms with Crippen LogP contribution in [0.4, 0.5) is 0 Å². The van der Waals surface area contributed by atoms with Crippen LogP contribution < -0.4 is 0 Å². The van der Waals surface area contributed by atoms with Gasteiger partial charge in [-0.1, -0.05) is 59.6 Å². The van der Waals surface area contributed by atoms with Crippen molar-refractivity contribution in [2.24, 2.45) is 5.92 Å². The number of benzene rings is 2. The normalized spacial score (nSPS) is 12.9. The van der Waals surface area contributed by atoms with Gasteiger partial charge in [0.15, 0.2) is 0 Å². The number of esters is 1. The van der Waals surface area contributed by atoms with Crippen LogP contribution in [0, 0.1) is 12.8 Å². The maximum atomic E-state index is 13.6. The van der Waals surface area contributed by atoms with E-state index in [1.54, 1.807) is 31.2 Å². The number of nitrogens with zero attached hydrogens (tertiary/aromatic N) is 1. The van der Waals surface area contributed by atoms with E-state index in [-0.39, 0.29) is 24.0 Å². The van der Waals surface area contributed by atoms with Crippen molar-refractivity contribution in [2.75, 3.05) is 6.61 Å². The van der Waals surface area contributed by atoms with E-state index in [1.165, 1.54) is 4.31 Å². The van der Waals surface area contributed by atoms with Gasteiger partial charge in [0.1, 0.15) is 6.04 Å². The third-order valence-electron chi connectivity index (χ3n) is 4.44. The molecule has 2 rings (SSSR count). The molecule has 0 aliphatic carbocycles. The molecular weight excluding hydrogens is 454 g/mol. The Morgan fingerprint density at radius 2 is 1.79 bits per heavy atom. The Bertz CT molecular complexity index is 926. The summed E-state index contributed by atoms with van der Waals surface area (Å²) in [6, 6.07) is 13.2. The van der Waals surface area contributed by atoms with Gasteiger partial charge in [-0.3, -0.25) is 4.79 Å². The molecule has 0 bridgehead atoms. The van der Waals surface area contributed by atoms with Crippen LogP contribution in [0.5, 0.6) is 0 Å². The molecule has 5 nitrogen and oxygen atoms in total. The van der Waals surface area contributed by atoms with Crippen LogP contribution in [-0.2, 0) is 26.1 Å². The lowest BCUT2D eigenvalue weighted by atomic mass is 10.0. The highest BCUT2D eigenvalue weighted by molar-refractivity contribution is 9.10. The van der Waals surface area contributed by atoms with E-state index in [0.717, 1.165) is 15.6 Å². The summed E-state index contributed by atoms with van der Waals surface area (Å²) in [7, 11) is -3.93. The zero-order valence-electron chi connectivity index (χ0n) is 17.3. The zero-order valence-corrected chi connectivity index (χ0v) is 19.7. The van der Waals surface area contributed by atoms with Gasteiger partial charge in [-0.25, -0.2) is 8.42 Å². The van der Waals surface area contributed by atoms with Crippen molar-refractivity contribution >= 4 is 31.9 Å². The van der Waals surface area contributed by atoms with Crippen LogP contribution in [0.1, 0.15) is 38.3 Å². The van der Waals surface area contributed by atoms with Gasteiger partial charge in [0.05, 0.1) is 11.5 Å². The smallest absolute Gasteiger partial charge is 0.324 e. The first kappa shape index (κ1) is 23.6. The highest BCUT2D eigenvalue weighted by Gasteiger charge is 2.37. The van der Waals surface area contributed by atoms with Crippen molar-refractivity contribution in [2.45, 2.75) is 51.6 Å². The van der Waals surface area contributed by atoms with Crippen LogP contribution >= 0.6 is 15.9 Å². The minimum Gasteiger partial charge on any atom is -0.465 e. The predicted molar refractivity (Wildman–Crippen MR) is 118 cm³/mol. The van der Waals surface area contributed by atoms with Gasteiger partial charge >= 0.3 is 5.97 Å². The van der Waals surface area contributed by atoms with Crippen molar-refractivity contribution in [3.63, 3.8) is 0 Å². The number of carbonyl (C=O) groups is 1. The molecule has 0 amide bonds. The number of ether oxygens (including phenoxy) is 1. The maximum Gasteiger partial charge on any atom is 0.324 e. The summed E-state index contributed by atoms with van der Waals surface area (Å²) in [5, 5.41) is 0. The molecule has 0 fully saturated rings. The maximum absolute atomic E-state index is 13.6. The van der Waals surface area contributed by atoms with Gasteiger partial charge in [-0.2, -0.15) is 4.31 Å². The SMILES string of the molecule is CCOC(=O)[C@@H](CC(C)C)N(Cc1cccc(C)c1)S(=O)(=O)c1ccc(Br)cc1. The average molecular weight is 482 g/mol. The first-order valence-electron chi connectivity index (χ1n) is 9.64. The first-order chi connectivity index (χ1) is 13.6. The van der Waals surface area contributed by atoms with Gasteiger partial charge in [0, 0.05) is 11.0 Å². The summed E-state index contributed by atoms with van der Waals surface area (Å²) in [6.07, 6.45) is 0.375. The largest absolute Gasteiger partial charge is 0.465 e. The molecule has 0 saturated heterocycles. The molecule has 2 aromatic carbocycles. The van der Waals surface area contributed by atoms with Crippen LogP contribution in [-0.4, -0.2) is 31.3 Å². The third kappa shape index (κ3) is 6.39. The Morgan fingerprint density at radius 3 is 2.34 bits per heavy atom. The number of hydrogen-bond donors (Lipinski definition) is 0. The van der Waals surface area contributed by atoms with E-state index in [1.807, 2.05) is 45.0 Å². The lowest BCUT2D eigenvalue weighted by Gasteiger charge is -2.30. The fourth-order valence-electron chi connectivity index (χ4n) is 3.11. The highest BCUT2D eigenvalue weighted by atomic mass is 79.9. The molecule has 0 aliphatic rings. The van der Waals surface area contributed by atoms with Crippen LogP contribution in [0.3, 0.4) is 0 Å². The van der Waals surface area contributed by atoms with Gasteiger partial charge in [-0.05, 0) is 56.0 Å². The van der Waals surface area contributed by atoms with Crippen LogP contribution in [0.15, 0.2) is 57.9 Å². The molecule has 29 heavy (non-hydrogen) atoms. The van der Waals surface area contributed by atoms with Crippen LogP contribution in [0.2, 0.25) is 0 Å². The zero-order chi connectivity index (χ0) is 21.6. The second-order valence-corrected chi connectivity index (χ2v) is 10.2. The fraction of sp³-hybridized carbons (Fsp3) is 0.409. The molecule has 0 spiro atoms. The molecular formula is C22H28BrNO4S. The van der Waals surface area contributed by atoms with Gasteiger partial charge in [0.2, 0.25) is 10.0 Å². The molecule has 0 N–H and O–H groups in total. The van der Waals surface area contributed by atoms with E-state index in [4.69, 9.17) is 4.74 Å². The van der Waals surface area contributed by atoms with E-state index in [9.17, 15) is 13.2 Å². The molecule has 1 atom stereocenters. The molecule has 0 aromatic heterocycles. The molecule has 158 valence electrons. The average Bonchev–Trinajstić information content (AvgIpc) is 2.65. The Balaban J connectivity index is 2.55. The number of hydrogen-bond acceptors (Lipinski definition) is 4. The Morgan fingerprint density at radius 1 is 1.14 bits per heavy atom. The summed E-state index contributed by atoms with van der Waals surface area (Å²) in [5.74, 6) is -0.404. The Hall–Kier alpha value is -1.70. The third-order valence-corrected chi connectivity index (χ3v) is 6.84. The van der Waals surface area contributed by atoms with Gasteiger partial charge in [0.25, 0.3) is 0 Å². The van der Waals surface area contributed by atoms with E-state index >= 15 is 0 Å². The summed E-state index contributed by atoms with van der Waals surface area (Å²) >= 11 is 3.33. The second-order valence-electron chi connectivity index (χ2n) is 7.39. The molecule has 2 aromatic rings. The minimum atomic E-state index is -3.93. The van der Waals surface area contributed by atoms with Gasteiger partial charge in [-0.15, -0.1) is 0 Å². The number of aryl methyl sites for hydroxylation is 1. The van der Waals surface area contributed by atoms with Crippen molar-refractivity contribution < 1.29 is 17.9 Å². The van der Waals surface area contributed by atoms with Crippen LogP contribution in [0.25, 0.3) is 0 Å². The monoisotopic (exact) mass is 481 g/mol. The predicted octanol–water partition coefficient (Wildman–Crippen LogP) is 4.93. The quantitative estimate of drug-likeness (QED) is 0.476. The van der Waals surface area contributed by atoms with E-state index in [0.29, 0.717) is 6.42 Å². The van der Waals surface area contributed by atoms with E-state index in [2.05, 4.69) is 15.9 Å². The lowest BCUT2D eigenvalue weighted by molar-refractivity contribution is -0.148. The number of sulfonamides is 1. The number of carbonyl (C=O) groups excluding carboxylic acids is 1. The number of halogens is 1.